The Morgan fingerprint density at radius 3 is 2.52 bits per heavy atom. The molecule has 7 nitrogen and oxygen atoms in total. The van der Waals surface area contributed by atoms with Crippen molar-refractivity contribution in [2.45, 2.75) is 0 Å². The summed E-state index contributed by atoms with van der Waals surface area (Å²) in [5.41, 5.74) is 0.991. The molecule has 2 aromatic heterocycles. The number of aromatic amines is 1. The Kier molecular flexibility index (Phi) is 3.07. The standard InChI is InChI=1S/C14H9N3O4/c18-11-5-4-10(7-15-11)13-17-16-12(21-13)8-2-1-3-9(6-8)14(19)20/h1-7H,(H,15,18)(H,19,20). The number of benzene rings is 1. The van der Waals surface area contributed by atoms with Gasteiger partial charge in [0, 0.05) is 17.8 Å². The number of carboxylic acids is 1. The molecule has 0 unspecified atom stereocenters. The van der Waals surface area contributed by atoms with Gasteiger partial charge in [0.25, 0.3) is 0 Å². The first kappa shape index (κ1) is 12.8. The van der Waals surface area contributed by atoms with Crippen LogP contribution < -0.4 is 5.56 Å². The summed E-state index contributed by atoms with van der Waals surface area (Å²) in [7, 11) is 0. The van der Waals surface area contributed by atoms with Crippen LogP contribution >= 0.6 is 0 Å². The summed E-state index contributed by atoms with van der Waals surface area (Å²) in [6, 6.07) is 9.12. The van der Waals surface area contributed by atoms with Gasteiger partial charge in [0.1, 0.15) is 0 Å². The summed E-state index contributed by atoms with van der Waals surface area (Å²) >= 11 is 0. The van der Waals surface area contributed by atoms with E-state index in [0.29, 0.717) is 11.1 Å². The fourth-order valence-electron chi connectivity index (χ4n) is 1.79. The van der Waals surface area contributed by atoms with Crippen molar-refractivity contribution in [1.82, 2.24) is 15.2 Å². The van der Waals surface area contributed by atoms with E-state index in [2.05, 4.69) is 15.2 Å². The number of nitrogens with zero attached hydrogens (tertiary/aromatic N) is 2. The van der Waals surface area contributed by atoms with Crippen molar-refractivity contribution in [3.05, 3.63) is 58.5 Å². The SMILES string of the molecule is O=C(O)c1cccc(-c2nnc(-c3ccc(=O)[nH]c3)o2)c1. The number of aromatic carboxylic acids is 1. The van der Waals surface area contributed by atoms with Crippen molar-refractivity contribution in [3.8, 4) is 22.9 Å². The zero-order chi connectivity index (χ0) is 14.8. The van der Waals surface area contributed by atoms with Crippen molar-refractivity contribution in [2.24, 2.45) is 0 Å². The number of carboxylic acid groups (broad SMARTS) is 1. The van der Waals surface area contributed by atoms with Crippen LogP contribution in [0.1, 0.15) is 10.4 Å². The van der Waals surface area contributed by atoms with Crippen LogP contribution in [0.2, 0.25) is 0 Å². The van der Waals surface area contributed by atoms with Gasteiger partial charge in [0.2, 0.25) is 17.3 Å². The molecule has 0 radical (unpaired) electrons. The fourth-order valence-corrected chi connectivity index (χ4v) is 1.79. The van der Waals surface area contributed by atoms with Gasteiger partial charge in [0.05, 0.1) is 11.1 Å². The van der Waals surface area contributed by atoms with Gasteiger partial charge in [-0.05, 0) is 24.3 Å². The van der Waals surface area contributed by atoms with Crippen molar-refractivity contribution < 1.29 is 14.3 Å². The second kappa shape index (κ2) is 5.04. The lowest BCUT2D eigenvalue weighted by atomic mass is 10.1. The average Bonchev–Trinajstić information content (AvgIpc) is 2.98. The molecule has 2 N–H and O–H groups in total. The highest BCUT2D eigenvalue weighted by Crippen LogP contribution is 2.23. The van der Waals surface area contributed by atoms with Crippen LogP contribution in [0.3, 0.4) is 0 Å². The van der Waals surface area contributed by atoms with Gasteiger partial charge in [0.15, 0.2) is 0 Å². The zero-order valence-corrected chi connectivity index (χ0v) is 10.6. The summed E-state index contributed by atoms with van der Waals surface area (Å²) in [6.07, 6.45) is 1.47. The smallest absolute Gasteiger partial charge is 0.335 e. The van der Waals surface area contributed by atoms with Gasteiger partial charge in [-0.25, -0.2) is 4.79 Å². The number of hydrogen-bond acceptors (Lipinski definition) is 5. The van der Waals surface area contributed by atoms with E-state index in [1.165, 1.54) is 24.4 Å². The molecular weight excluding hydrogens is 274 g/mol. The quantitative estimate of drug-likeness (QED) is 0.758. The Morgan fingerprint density at radius 1 is 1.10 bits per heavy atom. The summed E-state index contributed by atoms with van der Waals surface area (Å²) in [5.74, 6) is -0.585. The summed E-state index contributed by atoms with van der Waals surface area (Å²) in [5, 5.41) is 16.7. The predicted octanol–water partition coefficient (Wildman–Crippen LogP) is 1.79. The van der Waals surface area contributed by atoms with Gasteiger partial charge in [-0.15, -0.1) is 10.2 Å². The number of pyridine rings is 1. The lowest BCUT2D eigenvalue weighted by Gasteiger charge is -1.97. The molecule has 0 bridgehead atoms. The third-order valence-corrected chi connectivity index (χ3v) is 2.81. The van der Waals surface area contributed by atoms with Crippen LogP contribution in [0, 0.1) is 0 Å². The molecule has 1 aromatic carbocycles. The van der Waals surface area contributed by atoms with E-state index < -0.39 is 5.97 Å². The van der Waals surface area contributed by atoms with Crippen LogP contribution in [0.15, 0.2) is 51.8 Å². The van der Waals surface area contributed by atoms with E-state index in [-0.39, 0.29) is 22.9 Å². The van der Waals surface area contributed by atoms with Crippen molar-refractivity contribution in [2.75, 3.05) is 0 Å². The van der Waals surface area contributed by atoms with Crippen LogP contribution in [0.25, 0.3) is 22.9 Å². The first-order valence-corrected chi connectivity index (χ1v) is 6.00. The molecule has 0 aliphatic heterocycles. The van der Waals surface area contributed by atoms with Crippen molar-refractivity contribution in [3.63, 3.8) is 0 Å². The van der Waals surface area contributed by atoms with E-state index in [9.17, 15) is 9.59 Å². The molecule has 0 spiro atoms. The van der Waals surface area contributed by atoms with Gasteiger partial charge in [-0.2, -0.15) is 0 Å². The second-order valence-corrected chi connectivity index (χ2v) is 4.24. The van der Waals surface area contributed by atoms with E-state index >= 15 is 0 Å². The van der Waals surface area contributed by atoms with Crippen molar-refractivity contribution >= 4 is 5.97 Å². The van der Waals surface area contributed by atoms with Crippen LogP contribution in [0.5, 0.6) is 0 Å². The molecule has 104 valence electrons. The monoisotopic (exact) mass is 283 g/mol. The molecule has 0 amide bonds. The Balaban J connectivity index is 1.98. The number of H-pyrrole nitrogens is 1. The Bertz CT molecular complexity index is 846. The minimum atomic E-state index is -1.03. The highest BCUT2D eigenvalue weighted by atomic mass is 16.4. The van der Waals surface area contributed by atoms with Crippen LogP contribution in [-0.4, -0.2) is 26.3 Å². The molecule has 0 atom stereocenters. The lowest BCUT2D eigenvalue weighted by Crippen LogP contribution is -2.01. The molecule has 0 saturated heterocycles. The first-order chi connectivity index (χ1) is 10.1. The third kappa shape index (κ3) is 2.57. The molecule has 0 aliphatic carbocycles. The molecule has 0 fully saturated rings. The maximum absolute atomic E-state index is 11.0. The van der Waals surface area contributed by atoms with E-state index in [1.54, 1.807) is 18.2 Å². The number of nitrogens with one attached hydrogen (secondary N) is 1. The molecule has 2 heterocycles. The molecular formula is C14H9N3O4. The normalized spacial score (nSPS) is 10.5. The van der Waals surface area contributed by atoms with E-state index in [4.69, 9.17) is 9.52 Å². The largest absolute Gasteiger partial charge is 0.478 e. The molecule has 3 rings (SSSR count). The number of hydrogen-bond donors (Lipinski definition) is 2. The topological polar surface area (TPSA) is 109 Å². The predicted molar refractivity (Wildman–Crippen MR) is 72.8 cm³/mol. The molecule has 0 saturated carbocycles. The molecule has 0 aliphatic rings. The third-order valence-electron chi connectivity index (χ3n) is 2.81. The van der Waals surface area contributed by atoms with Gasteiger partial charge in [-0.3, -0.25) is 4.79 Å². The highest BCUT2D eigenvalue weighted by molar-refractivity contribution is 5.88. The Labute approximate surface area is 117 Å². The highest BCUT2D eigenvalue weighted by Gasteiger charge is 2.12. The lowest BCUT2D eigenvalue weighted by molar-refractivity contribution is 0.0697. The zero-order valence-electron chi connectivity index (χ0n) is 10.6. The van der Waals surface area contributed by atoms with Gasteiger partial charge >= 0.3 is 5.97 Å². The van der Waals surface area contributed by atoms with E-state index in [1.807, 2.05) is 0 Å². The maximum atomic E-state index is 11.0. The molecule has 7 heteroatoms. The van der Waals surface area contributed by atoms with Crippen LogP contribution in [0.4, 0.5) is 0 Å². The van der Waals surface area contributed by atoms with Crippen LogP contribution in [-0.2, 0) is 0 Å². The fraction of sp³-hybridized carbons (Fsp3) is 0. The van der Waals surface area contributed by atoms with Gasteiger partial charge in [-0.1, -0.05) is 6.07 Å². The molecule has 21 heavy (non-hydrogen) atoms. The minimum Gasteiger partial charge on any atom is -0.478 e. The van der Waals surface area contributed by atoms with Gasteiger partial charge < -0.3 is 14.5 Å². The summed E-state index contributed by atoms with van der Waals surface area (Å²) < 4.78 is 5.49. The number of aromatic nitrogens is 3. The summed E-state index contributed by atoms with van der Waals surface area (Å²) in [6.45, 7) is 0. The maximum Gasteiger partial charge on any atom is 0.335 e. The second-order valence-electron chi connectivity index (χ2n) is 4.24. The first-order valence-electron chi connectivity index (χ1n) is 6.00. The summed E-state index contributed by atoms with van der Waals surface area (Å²) in [4.78, 5) is 24.5. The Hall–Kier alpha value is -3.22. The molecule has 3 aromatic rings. The van der Waals surface area contributed by atoms with E-state index in [0.717, 1.165) is 0 Å². The minimum absolute atomic E-state index is 0.135. The Morgan fingerprint density at radius 2 is 1.86 bits per heavy atom. The number of rotatable bonds is 3. The average molecular weight is 283 g/mol. The number of carbonyl (C=O) groups is 1. The van der Waals surface area contributed by atoms with Crippen molar-refractivity contribution in [1.29, 1.82) is 0 Å².